The molecule has 1 rings (SSSR count). The molecule has 1 N–H and O–H groups in total. The van der Waals surface area contributed by atoms with Gasteiger partial charge < -0.3 is 5.11 Å². The lowest BCUT2D eigenvalue weighted by Gasteiger charge is -2.05. The van der Waals surface area contributed by atoms with Crippen LogP contribution in [0.2, 0.25) is 0 Å². The monoisotopic (exact) mass is 306 g/mol. The molecule has 0 fully saturated rings. The average Bonchev–Trinajstić information content (AvgIpc) is 2.13. The standard InChI is InChI=1S/C9H8Br2O2/c1-5-2-3-6(7(12)4-10)9(13)8(5)11/h2-3,13H,4H2,1H3. The van der Waals surface area contributed by atoms with Crippen LogP contribution in [0.1, 0.15) is 15.9 Å². The zero-order valence-corrected chi connectivity index (χ0v) is 10.1. The summed E-state index contributed by atoms with van der Waals surface area (Å²) in [7, 11) is 0. The number of hydrogen-bond donors (Lipinski definition) is 1. The fourth-order valence-electron chi connectivity index (χ4n) is 0.962. The van der Waals surface area contributed by atoms with E-state index in [-0.39, 0.29) is 16.9 Å². The van der Waals surface area contributed by atoms with E-state index in [0.29, 0.717) is 10.0 Å². The largest absolute Gasteiger partial charge is 0.506 e. The minimum absolute atomic E-state index is 0.0180. The van der Waals surface area contributed by atoms with Gasteiger partial charge in [-0.2, -0.15) is 0 Å². The summed E-state index contributed by atoms with van der Waals surface area (Å²) < 4.78 is 0.583. The molecule has 0 aliphatic carbocycles. The van der Waals surface area contributed by atoms with E-state index in [0.717, 1.165) is 5.56 Å². The maximum atomic E-state index is 11.3. The van der Waals surface area contributed by atoms with E-state index >= 15 is 0 Å². The minimum atomic E-state index is -0.127. The summed E-state index contributed by atoms with van der Waals surface area (Å²) in [6, 6.07) is 3.42. The second kappa shape index (κ2) is 4.24. The number of alkyl halides is 1. The number of aromatic hydroxyl groups is 1. The topological polar surface area (TPSA) is 37.3 Å². The van der Waals surface area contributed by atoms with E-state index in [1.165, 1.54) is 0 Å². The molecule has 1 aromatic carbocycles. The van der Waals surface area contributed by atoms with Crippen LogP contribution in [0.3, 0.4) is 0 Å². The number of Topliss-reactive ketones (excluding diaryl/α,β-unsaturated/α-hetero) is 1. The Morgan fingerprint density at radius 2 is 2.15 bits per heavy atom. The molecule has 0 radical (unpaired) electrons. The molecule has 0 atom stereocenters. The summed E-state index contributed by atoms with van der Waals surface area (Å²) in [5.74, 6) is -0.109. The molecule has 2 nitrogen and oxygen atoms in total. The van der Waals surface area contributed by atoms with Gasteiger partial charge in [-0.25, -0.2) is 0 Å². The predicted octanol–water partition coefficient (Wildman–Crippen LogP) is 3.04. The molecule has 13 heavy (non-hydrogen) atoms. The second-order valence-corrected chi connectivity index (χ2v) is 4.00. The van der Waals surface area contributed by atoms with Crippen LogP contribution in [-0.2, 0) is 0 Å². The quantitative estimate of drug-likeness (QED) is 0.673. The lowest BCUT2D eigenvalue weighted by molar-refractivity contribution is 0.102. The van der Waals surface area contributed by atoms with Crippen LogP contribution in [0.15, 0.2) is 16.6 Å². The van der Waals surface area contributed by atoms with Crippen LogP contribution in [0.5, 0.6) is 5.75 Å². The van der Waals surface area contributed by atoms with E-state index < -0.39 is 0 Å². The molecule has 0 heterocycles. The molecule has 0 aliphatic heterocycles. The van der Waals surface area contributed by atoms with Crippen LogP contribution >= 0.6 is 31.9 Å². The number of halogens is 2. The van der Waals surface area contributed by atoms with Gasteiger partial charge in [0, 0.05) is 0 Å². The van der Waals surface area contributed by atoms with Gasteiger partial charge in [0.25, 0.3) is 0 Å². The van der Waals surface area contributed by atoms with Gasteiger partial charge in [0.2, 0.25) is 0 Å². The van der Waals surface area contributed by atoms with Crippen molar-refractivity contribution in [2.24, 2.45) is 0 Å². The number of rotatable bonds is 2. The van der Waals surface area contributed by atoms with Crippen LogP contribution in [0.25, 0.3) is 0 Å². The van der Waals surface area contributed by atoms with Gasteiger partial charge in [0.05, 0.1) is 15.4 Å². The number of hydrogen-bond acceptors (Lipinski definition) is 2. The van der Waals surface area contributed by atoms with Gasteiger partial charge in [-0.3, -0.25) is 4.79 Å². The predicted molar refractivity (Wildman–Crippen MR) is 58.7 cm³/mol. The first-order valence-electron chi connectivity index (χ1n) is 3.65. The Morgan fingerprint density at radius 3 is 2.69 bits per heavy atom. The molecule has 0 aromatic heterocycles. The molecule has 0 spiro atoms. The molecule has 0 saturated heterocycles. The summed E-state index contributed by atoms with van der Waals surface area (Å²) in [6.07, 6.45) is 0. The molecule has 0 amide bonds. The first kappa shape index (κ1) is 10.7. The molecule has 4 heteroatoms. The highest BCUT2D eigenvalue weighted by molar-refractivity contribution is 9.10. The average molecular weight is 308 g/mol. The minimum Gasteiger partial charge on any atom is -0.506 e. The highest BCUT2D eigenvalue weighted by Crippen LogP contribution is 2.31. The van der Waals surface area contributed by atoms with E-state index in [4.69, 9.17) is 0 Å². The Balaban J connectivity index is 3.26. The Morgan fingerprint density at radius 1 is 1.54 bits per heavy atom. The van der Waals surface area contributed by atoms with Crippen molar-refractivity contribution in [1.29, 1.82) is 0 Å². The van der Waals surface area contributed by atoms with Gasteiger partial charge in [0.15, 0.2) is 5.78 Å². The third-order valence-electron chi connectivity index (χ3n) is 1.73. The molecular formula is C9H8Br2O2. The molecule has 70 valence electrons. The van der Waals surface area contributed by atoms with E-state index in [1.54, 1.807) is 12.1 Å². The number of benzene rings is 1. The lowest BCUT2D eigenvalue weighted by atomic mass is 10.1. The number of aryl methyl sites for hydroxylation is 1. The van der Waals surface area contributed by atoms with Crippen molar-refractivity contribution >= 4 is 37.6 Å². The number of phenols is 1. The van der Waals surface area contributed by atoms with Crippen LogP contribution < -0.4 is 0 Å². The Kier molecular flexibility index (Phi) is 3.50. The second-order valence-electron chi connectivity index (χ2n) is 2.65. The Labute approximate surface area is 93.2 Å². The maximum Gasteiger partial charge on any atom is 0.177 e. The van der Waals surface area contributed by atoms with Gasteiger partial charge in [-0.05, 0) is 34.5 Å². The van der Waals surface area contributed by atoms with Crippen molar-refractivity contribution in [3.05, 3.63) is 27.7 Å². The molecular weight excluding hydrogens is 300 g/mol. The fraction of sp³-hybridized carbons (Fsp3) is 0.222. The normalized spacial score (nSPS) is 10.1. The summed E-state index contributed by atoms with van der Waals surface area (Å²) in [4.78, 5) is 11.3. The van der Waals surface area contributed by atoms with E-state index in [9.17, 15) is 9.90 Å². The SMILES string of the molecule is Cc1ccc(C(=O)CBr)c(O)c1Br. The number of ketones is 1. The van der Waals surface area contributed by atoms with Gasteiger partial charge in [0.1, 0.15) is 5.75 Å². The third-order valence-corrected chi connectivity index (χ3v) is 3.24. The van der Waals surface area contributed by atoms with Crippen molar-refractivity contribution in [2.45, 2.75) is 6.92 Å². The number of carbonyl (C=O) groups excluding carboxylic acids is 1. The van der Waals surface area contributed by atoms with Crippen LogP contribution in [-0.4, -0.2) is 16.2 Å². The first-order chi connectivity index (χ1) is 6.07. The van der Waals surface area contributed by atoms with Crippen LogP contribution in [0, 0.1) is 6.92 Å². The van der Waals surface area contributed by atoms with Crippen molar-refractivity contribution < 1.29 is 9.90 Å². The lowest BCUT2D eigenvalue weighted by Crippen LogP contribution is -2.00. The highest BCUT2D eigenvalue weighted by atomic mass is 79.9. The maximum absolute atomic E-state index is 11.3. The first-order valence-corrected chi connectivity index (χ1v) is 5.56. The Bertz CT molecular complexity index is 348. The highest BCUT2D eigenvalue weighted by Gasteiger charge is 2.13. The smallest absolute Gasteiger partial charge is 0.177 e. The zero-order chi connectivity index (χ0) is 10.0. The van der Waals surface area contributed by atoms with Gasteiger partial charge in [-0.1, -0.05) is 22.0 Å². The summed E-state index contributed by atoms with van der Waals surface area (Å²) in [5.41, 5.74) is 1.25. The summed E-state index contributed by atoms with van der Waals surface area (Å²) >= 11 is 6.26. The van der Waals surface area contributed by atoms with Crippen molar-refractivity contribution in [2.75, 3.05) is 5.33 Å². The molecule has 0 saturated carbocycles. The van der Waals surface area contributed by atoms with Crippen molar-refractivity contribution in [1.82, 2.24) is 0 Å². The zero-order valence-electron chi connectivity index (χ0n) is 6.97. The van der Waals surface area contributed by atoms with Crippen molar-refractivity contribution in [3.63, 3.8) is 0 Å². The Hall–Kier alpha value is -0.350. The van der Waals surface area contributed by atoms with Crippen LogP contribution in [0.4, 0.5) is 0 Å². The van der Waals surface area contributed by atoms with Gasteiger partial charge >= 0.3 is 0 Å². The summed E-state index contributed by atoms with van der Waals surface area (Å²) in [5, 5.41) is 9.81. The fourth-order valence-corrected chi connectivity index (χ4v) is 1.61. The third kappa shape index (κ3) is 2.11. The van der Waals surface area contributed by atoms with Gasteiger partial charge in [-0.15, -0.1) is 0 Å². The van der Waals surface area contributed by atoms with Crippen molar-refractivity contribution in [3.8, 4) is 5.75 Å². The molecule has 1 aromatic rings. The summed E-state index contributed by atoms with van der Waals surface area (Å²) in [6.45, 7) is 1.85. The molecule has 0 unspecified atom stereocenters. The van der Waals surface area contributed by atoms with E-state index in [2.05, 4.69) is 31.9 Å². The number of phenolic OH excluding ortho intramolecular Hbond substituents is 1. The van der Waals surface area contributed by atoms with E-state index in [1.807, 2.05) is 6.92 Å². The molecule has 0 aliphatic rings. The number of carbonyl (C=O) groups is 1. The molecule has 0 bridgehead atoms.